The molecule has 0 heterocycles. The summed E-state index contributed by atoms with van der Waals surface area (Å²) in [7, 11) is 0. The van der Waals surface area contributed by atoms with Crippen LogP contribution in [0.4, 0.5) is 17.6 Å². The fourth-order valence-electron chi connectivity index (χ4n) is 5.04. The minimum Gasteiger partial charge on any atom is -0.315 e. The van der Waals surface area contributed by atoms with Gasteiger partial charge in [0, 0.05) is 5.56 Å². The summed E-state index contributed by atoms with van der Waals surface area (Å²) in [5, 5.41) is 0. The van der Waals surface area contributed by atoms with E-state index in [0.717, 1.165) is 36.3 Å². The Hall–Kier alpha value is -1.88. The van der Waals surface area contributed by atoms with E-state index in [0.29, 0.717) is 12.3 Å². The number of rotatable bonds is 12. The number of unbranched alkanes of at least 4 members (excludes halogenated alkanes) is 2. The average molecular weight is 479 g/mol. The quantitative estimate of drug-likeness (QED) is 0.218. The van der Waals surface area contributed by atoms with Crippen LogP contribution in [0.25, 0.3) is 0 Å². The van der Waals surface area contributed by atoms with E-state index in [1.807, 2.05) is 13.0 Å². The van der Waals surface area contributed by atoms with Crippen LogP contribution in [0.1, 0.15) is 99.8 Å². The van der Waals surface area contributed by atoms with Gasteiger partial charge in [-0.3, -0.25) is 0 Å². The van der Waals surface area contributed by atoms with Crippen molar-refractivity contribution in [2.45, 2.75) is 103 Å². The molecule has 5 heteroatoms. The summed E-state index contributed by atoms with van der Waals surface area (Å²) in [5.41, 5.74) is 1.70. The topological polar surface area (TPSA) is 9.23 Å². The third-order valence-electron chi connectivity index (χ3n) is 7.10. The summed E-state index contributed by atoms with van der Waals surface area (Å²) in [6, 6.07) is 9.21. The molecule has 0 saturated heterocycles. The number of alkyl halides is 2. The largest absolute Gasteiger partial charge is 0.360 e. The van der Waals surface area contributed by atoms with E-state index >= 15 is 0 Å². The molecule has 0 radical (unpaired) electrons. The summed E-state index contributed by atoms with van der Waals surface area (Å²) >= 11 is 0. The summed E-state index contributed by atoms with van der Waals surface area (Å²) in [4.78, 5) is 0. The van der Waals surface area contributed by atoms with Crippen molar-refractivity contribution in [2.75, 3.05) is 0 Å². The molecule has 2 aromatic rings. The molecular weight excluding hydrogens is 440 g/mol. The normalized spacial score (nSPS) is 18.9. The lowest BCUT2D eigenvalue weighted by atomic mass is 9.77. The van der Waals surface area contributed by atoms with Crippen molar-refractivity contribution in [1.29, 1.82) is 0 Å². The summed E-state index contributed by atoms with van der Waals surface area (Å²) in [6.07, 6.45) is 6.60. The fourth-order valence-corrected chi connectivity index (χ4v) is 5.04. The smallest absolute Gasteiger partial charge is 0.315 e. The van der Waals surface area contributed by atoms with E-state index in [4.69, 9.17) is 4.74 Å². The number of benzene rings is 2. The van der Waals surface area contributed by atoms with Crippen molar-refractivity contribution >= 4 is 0 Å². The second-order valence-electron chi connectivity index (χ2n) is 9.84. The van der Waals surface area contributed by atoms with E-state index in [9.17, 15) is 17.6 Å². The van der Waals surface area contributed by atoms with Crippen molar-refractivity contribution in [3.05, 3.63) is 70.3 Å². The number of hydrogen-bond donors (Lipinski definition) is 0. The van der Waals surface area contributed by atoms with Gasteiger partial charge < -0.3 is 4.74 Å². The lowest BCUT2D eigenvalue weighted by Crippen LogP contribution is -2.24. The van der Waals surface area contributed by atoms with Gasteiger partial charge in [0.15, 0.2) is 0 Å². The van der Waals surface area contributed by atoms with Gasteiger partial charge in [-0.15, -0.1) is 0 Å². The first-order valence-corrected chi connectivity index (χ1v) is 12.9. The van der Waals surface area contributed by atoms with Crippen LogP contribution in [0.2, 0.25) is 0 Å². The third-order valence-corrected chi connectivity index (χ3v) is 7.10. The molecule has 0 unspecified atom stereocenters. The second kappa shape index (κ2) is 12.7. The molecule has 3 rings (SSSR count). The molecule has 1 aliphatic carbocycles. The van der Waals surface area contributed by atoms with Crippen molar-refractivity contribution < 1.29 is 22.3 Å². The lowest BCUT2D eigenvalue weighted by molar-refractivity contribution is -0.244. The van der Waals surface area contributed by atoms with Crippen molar-refractivity contribution in [3.63, 3.8) is 0 Å². The molecular formula is C29H38F4O. The van der Waals surface area contributed by atoms with Gasteiger partial charge in [-0.05, 0) is 72.8 Å². The monoisotopic (exact) mass is 478 g/mol. The molecule has 188 valence electrons. The van der Waals surface area contributed by atoms with Crippen LogP contribution in [-0.2, 0) is 24.2 Å². The Balaban J connectivity index is 1.52. The van der Waals surface area contributed by atoms with Gasteiger partial charge in [-0.2, -0.15) is 8.78 Å². The van der Waals surface area contributed by atoms with E-state index in [2.05, 4.69) is 6.92 Å². The molecule has 0 atom stereocenters. The lowest BCUT2D eigenvalue weighted by Gasteiger charge is -2.29. The van der Waals surface area contributed by atoms with Gasteiger partial charge in [0.2, 0.25) is 0 Å². The maximum Gasteiger partial charge on any atom is 0.360 e. The molecule has 0 N–H and O–H groups in total. The Morgan fingerprint density at radius 3 is 2.21 bits per heavy atom. The highest BCUT2D eigenvalue weighted by atomic mass is 19.3. The molecule has 0 aromatic heterocycles. The van der Waals surface area contributed by atoms with Gasteiger partial charge in [0.1, 0.15) is 11.6 Å². The zero-order valence-electron chi connectivity index (χ0n) is 20.5. The predicted molar refractivity (Wildman–Crippen MR) is 129 cm³/mol. The van der Waals surface area contributed by atoms with E-state index < -0.39 is 30.8 Å². The number of hydrogen-bond acceptors (Lipinski definition) is 1. The van der Waals surface area contributed by atoms with Crippen LogP contribution in [0, 0.1) is 17.6 Å². The van der Waals surface area contributed by atoms with Crippen LogP contribution >= 0.6 is 0 Å². The molecule has 1 nitrogen and oxygen atoms in total. The van der Waals surface area contributed by atoms with Crippen molar-refractivity contribution in [3.8, 4) is 0 Å². The SMILES string of the molecule is CCCCCC1CCC(c2ccc(COC(F)(F)Cc3ccc(CCC)cc3F)c(F)c2)CC1. The van der Waals surface area contributed by atoms with E-state index in [1.165, 1.54) is 56.7 Å². The number of ether oxygens (including phenoxy) is 1. The highest BCUT2D eigenvalue weighted by molar-refractivity contribution is 5.28. The van der Waals surface area contributed by atoms with Gasteiger partial charge in [0.05, 0.1) is 13.0 Å². The first-order valence-electron chi connectivity index (χ1n) is 12.9. The predicted octanol–water partition coefficient (Wildman–Crippen LogP) is 9.12. The summed E-state index contributed by atoms with van der Waals surface area (Å²) in [6.45, 7) is 3.63. The van der Waals surface area contributed by atoms with E-state index in [1.54, 1.807) is 12.1 Å². The Bertz CT molecular complexity index is 903. The molecule has 0 spiro atoms. The average Bonchev–Trinajstić information content (AvgIpc) is 2.81. The standard InChI is InChI=1S/C29H38F4O/c1-3-5-6-8-21-9-12-23(13-10-21)24-15-16-26(28(31)18-24)20-34-29(32,33)19-25-14-11-22(7-4-2)17-27(25)30/h11,14-18,21,23H,3-10,12-13,19-20H2,1-2H3. The first kappa shape index (κ1) is 26.7. The highest BCUT2D eigenvalue weighted by Crippen LogP contribution is 2.38. The third kappa shape index (κ3) is 7.83. The molecule has 0 aliphatic heterocycles. The maximum absolute atomic E-state index is 14.7. The maximum atomic E-state index is 14.7. The Labute approximate surface area is 201 Å². The van der Waals surface area contributed by atoms with Gasteiger partial charge >= 0.3 is 6.11 Å². The Morgan fingerprint density at radius 2 is 1.56 bits per heavy atom. The number of halogens is 4. The van der Waals surface area contributed by atoms with Crippen molar-refractivity contribution in [2.24, 2.45) is 5.92 Å². The number of aryl methyl sites for hydroxylation is 1. The zero-order chi connectivity index (χ0) is 24.6. The van der Waals surface area contributed by atoms with Gasteiger partial charge in [-0.25, -0.2) is 8.78 Å². The molecule has 1 fully saturated rings. The fraction of sp³-hybridized carbons (Fsp3) is 0.586. The Morgan fingerprint density at radius 1 is 0.853 bits per heavy atom. The molecule has 1 saturated carbocycles. The summed E-state index contributed by atoms with van der Waals surface area (Å²) in [5.74, 6) is -0.0828. The van der Waals surface area contributed by atoms with Crippen LogP contribution in [0.3, 0.4) is 0 Å². The molecule has 1 aliphatic rings. The van der Waals surface area contributed by atoms with Crippen molar-refractivity contribution in [1.82, 2.24) is 0 Å². The van der Waals surface area contributed by atoms with Gasteiger partial charge in [0.25, 0.3) is 0 Å². The van der Waals surface area contributed by atoms with E-state index in [-0.39, 0.29) is 11.1 Å². The van der Waals surface area contributed by atoms with Gasteiger partial charge in [-0.1, -0.05) is 70.2 Å². The van der Waals surface area contributed by atoms with Crippen LogP contribution in [0.5, 0.6) is 0 Å². The first-order chi connectivity index (χ1) is 16.3. The van der Waals surface area contributed by atoms with Crippen LogP contribution < -0.4 is 0 Å². The molecule has 34 heavy (non-hydrogen) atoms. The minimum atomic E-state index is -3.59. The van der Waals surface area contributed by atoms with Crippen LogP contribution in [0.15, 0.2) is 36.4 Å². The minimum absolute atomic E-state index is 0.0930. The Kier molecular flexibility index (Phi) is 9.99. The van der Waals surface area contributed by atoms with Crippen LogP contribution in [-0.4, -0.2) is 6.11 Å². The molecule has 0 bridgehead atoms. The molecule has 0 amide bonds. The second-order valence-corrected chi connectivity index (χ2v) is 9.84. The molecule has 2 aromatic carbocycles. The summed E-state index contributed by atoms with van der Waals surface area (Å²) < 4.78 is 62.4. The highest BCUT2D eigenvalue weighted by Gasteiger charge is 2.32. The zero-order valence-corrected chi connectivity index (χ0v) is 20.5.